The van der Waals surface area contributed by atoms with E-state index >= 15 is 0 Å². The second kappa shape index (κ2) is 4.01. The molecule has 0 bridgehead atoms. The van der Waals surface area contributed by atoms with Gasteiger partial charge in [0.1, 0.15) is 0 Å². The third-order valence-corrected chi connectivity index (χ3v) is 5.62. The van der Waals surface area contributed by atoms with Crippen LogP contribution < -0.4 is 0 Å². The third kappa shape index (κ3) is 2.30. The molecule has 0 radical (unpaired) electrons. The predicted molar refractivity (Wildman–Crippen MR) is 66.3 cm³/mol. The Labute approximate surface area is 99.6 Å². The number of aliphatic hydroxyl groups is 1. The number of hydrogen-bond donors (Lipinski definition) is 1. The Kier molecular flexibility index (Phi) is 2.78. The molecule has 0 aromatic rings. The van der Waals surface area contributed by atoms with E-state index in [0.29, 0.717) is 5.41 Å². The van der Waals surface area contributed by atoms with Gasteiger partial charge in [0.25, 0.3) is 0 Å². The largest absolute Gasteiger partial charge is 0.390 e. The van der Waals surface area contributed by atoms with Gasteiger partial charge in [-0.25, -0.2) is 0 Å². The van der Waals surface area contributed by atoms with Crippen LogP contribution in [-0.2, 0) is 0 Å². The topological polar surface area (TPSA) is 20.2 Å². The van der Waals surface area contributed by atoms with Gasteiger partial charge in [-0.2, -0.15) is 0 Å². The maximum absolute atomic E-state index is 10.6. The zero-order valence-corrected chi connectivity index (χ0v) is 10.5. The standard InChI is InChI=1S/C15H26O/c16-15(8-5-13-3-4-13)11-9-14(10-12-15)6-1-2-7-14/h13,16H,1-12H2. The van der Waals surface area contributed by atoms with Crippen molar-refractivity contribution in [3.05, 3.63) is 0 Å². The van der Waals surface area contributed by atoms with Crippen LogP contribution in [0.2, 0.25) is 0 Å². The van der Waals surface area contributed by atoms with Crippen LogP contribution in [0.4, 0.5) is 0 Å². The van der Waals surface area contributed by atoms with Gasteiger partial charge in [0.05, 0.1) is 5.60 Å². The van der Waals surface area contributed by atoms with Gasteiger partial charge in [0, 0.05) is 0 Å². The van der Waals surface area contributed by atoms with E-state index in [-0.39, 0.29) is 5.60 Å². The van der Waals surface area contributed by atoms with Crippen LogP contribution in [0.15, 0.2) is 0 Å². The fourth-order valence-corrected chi connectivity index (χ4v) is 4.00. The zero-order chi connectivity index (χ0) is 11.1. The highest BCUT2D eigenvalue weighted by Gasteiger charge is 2.43. The van der Waals surface area contributed by atoms with E-state index in [1.165, 1.54) is 57.8 Å². The summed E-state index contributed by atoms with van der Waals surface area (Å²) in [6.07, 6.45) is 15.9. The summed E-state index contributed by atoms with van der Waals surface area (Å²) in [5, 5.41) is 10.6. The van der Waals surface area contributed by atoms with Crippen LogP contribution in [0.3, 0.4) is 0 Å². The van der Waals surface area contributed by atoms with Crippen molar-refractivity contribution in [1.29, 1.82) is 0 Å². The lowest BCUT2D eigenvalue weighted by Gasteiger charge is -2.42. The van der Waals surface area contributed by atoms with Crippen molar-refractivity contribution in [2.75, 3.05) is 0 Å². The van der Waals surface area contributed by atoms with Crippen molar-refractivity contribution in [3.8, 4) is 0 Å². The lowest BCUT2D eigenvalue weighted by atomic mass is 9.66. The van der Waals surface area contributed by atoms with E-state index < -0.39 is 0 Å². The van der Waals surface area contributed by atoms with Gasteiger partial charge in [-0.05, 0) is 62.7 Å². The summed E-state index contributed by atoms with van der Waals surface area (Å²) >= 11 is 0. The van der Waals surface area contributed by atoms with Crippen molar-refractivity contribution in [2.24, 2.45) is 11.3 Å². The maximum atomic E-state index is 10.6. The molecule has 16 heavy (non-hydrogen) atoms. The van der Waals surface area contributed by atoms with Gasteiger partial charge in [-0.1, -0.05) is 25.7 Å². The summed E-state index contributed by atoms with van der Waals surface area (Å²) in [7, 11) is 0. The van der Waals surface area contributed by atoms with E-state index in [1.807, 2.05) is 0 Å². The minimum absolute atomic E-state index is 0.267. The first-order valence-electron chi connectivity index (χ1n) is 7.42. The summed E-state index contributed by atoms with van der Waals surface area (Å²) in [5.74, 6) is 0.978. The lowest BCUT2D eigenvalue weighted by molar-refractivity contribution is -0.0409. The van der Waals surface area contributed by atoms with Crippen LogP contribution in [0.5, 0.6) is 0 Å². The smallest absolute Gasteiger partial charge is 0.0648 e. The highest BCUT2D eigenvalue weighted by Crippen LogP contribution is 2.52. The Bertz CT molecular complexity index is 238. The molecule has 0 heterocycles. The Morgan fingerprint density at radius 2 is 1.50 bits per heavy atom. The average molecular weight is 222 g/mol. The molecule has 0 aliphatic heterocycles. The minimum atomic E-state index is -0.267. The second-order valence-corrected chi connectivity index (χ2v) is 6.91. The molecule has 1 spiro atoms. The van der Waals surface area contributed by atoms with Crippen molar-refractivity contribution in [1.82, 2.24) is 0 Å². The summed E-state index contributed by atoms with van der Waals surface area (Å²) in [6.45, 7) is 0. The fraction of sp³-hybridized carbons (Fsp3) is 1.00. The highest BCUT2D eigenvalue weighted by molar-refractivity contribution is 4.95. The quantitative estimate of drug-likeness (QED) is 0.764. The summed E-state index contributed by atoms with van der Waals surface area (Å²) in [4.78, 5) is 0. The Morgan fingerprint density at radius 3 is 2.06 bits per heavy atom. The first-order valence-corrected chi connectivity index (χ1v) is 7.42. The van der Waals surface area contributed by atoms with Gasteiger partial charge in [0.15, 0.2) is 0 Å². The second-order valence-electron chi connectivity index (χ2n) is 6.91. The predicted octanol–water partition coefficient (Wildman–Crippen LogP) is 4.04. The lowest BCUT2D eigenvalue weighted by Crippen LogP contribution is -2.38. The molecular formula is C15H26O. The molecule has 0 saturated heterocycles. The van der Waals surface area contributed by atoms with Crippen LogP contribution in [0.25, 0.3) is 0 Å². The zero-order valence-electron chi connectivity index (χ0n) is 10.5. The molecule has 3 rings (SSSR count). The molecule has 0 aromatic heterocycles. The maximum Gasteiger partial charge on any atom is 0.0648 e. The molecule has 0 unspecified atom stereocenters. The summed E-state index contributed by atoms with van der Waals surface area (Å²) in [5.41, 5.74) is 0.405. The first-order chi connectivity index (χ1) is 7.70. The van der Waals surface area contributed by atoms with E-state index in [9.17, 15) is 5.11 Å². The fourth-order valence-electron chi connectivity index (χ4n) is 4.00. The van der Waals surface area contributed by atoms with Crippen LogP contribution in [-0.4, -0.2) is 10.7 Å². The average Bonchev–Trinajstić information content (AvgIpc) is 3.02. The minimum Gasteiger partial charge on any atom is -0.390 e. The van der Waals surface area contributed by atoms with Crippen LogP contribution in [0, 0.1) is 11.3 Å². The van der Waals surface area contributed by atoms with Gasteiger partial charge in [0.2, 0.25) is 0 Å². The Hall–Kier alpha value is -0.0400. The molecule has 0 aromatic carbocycles. The monoisotopic (exact) mass is 222 g/mol. The Morgan fingerprint density at radius 1 is 0.875 bits per heavy atom. The van der Waals surface area contributed by atoms with E-state index in [2.05, 4.69) is 0 Å². The molecule has 3 saturated carbocycles. The van der Waals surface area contributed by atoms with Gasteiger partial charge in [-0.15, -0.1) is 0 Å². The SMILES string of the molecule is OC1(CCC2CC2)CCC2(CCCC2)CC1. The molecule has 1 heteroatoms. The first kappa shape index (κ1) is 11.1. The molecule has 0 atom stereocenters. The van der Waals surface area contributed by atoms with Crippen molar-refractivity contribution in [3.63, 3.8) is 0 Å². The van der Waals surface area contributed by atoms with Crippen molar-refractivity contribution < 1.29 is 5.11 Å². The van der Waals surface area contributed by atoms with Crippen molar-refractivity contribution in [2.45, 2.75) is 82.7 Å². The highest BCUT2D eigenvalue weighted by atomic mass is 16.3. The summed E-state index contributed by atoms with van der Waals surface area (Å²) in [6, 6.07) is 0. The molecular weight excluding hydrogens is 196 g/mol. The molecule has 92 valence electrons. The van der Waals surface area contributed by atoms with Gasteiger partial charge < -0.3 is 5.11 Å². The molecule has 1 nitrogen and oxygen atoms in total. The van der Waals surface area contributed by atoms with Gasteiger partial charge in [-0.3, -0.25) is 0 Å². The third-order valence-electron chi connectivity index (χ3n) is 5.62. The van der Waals surface area contributed by atoms with Gasteiger partial charge >= 0.3 is 0 Å². The van der Waals surface area contributed by atoms with E-state index in [4.69, 9.17) is 0 Å². The van der Waals surface area contributed by atoms with E-state index in [1.54, 1.807) is 0 Å². The molecule has 3 aliphatic rings. The Balaban J connectivity index is 1.51. The summed E-state index contributed by atoms with van der Waals surface area (Å²) < 4.78 is 0. The number of hydrogen-bond acceptors (Lipinski definition) is 1. The van der Waals surface area contributed by atoms with Crippen molar-refractivity contribution >= 4 is 0 Å². The van der Waals surface area contributed by atoms with Crippen LogP contribution >= 0.6 is 0 Å². The molecule has 3 fully saturated rings. The van der Waals surface area contributed by atoms with E-state index in [0.717, 1.165) is 25.2 Å². The molecule has 0 amide bonds. The normalized spacial score (nSPS) is 32.1. The van der Waals surface area contributed by atoms with Crippen LogP contribution in [0.1, 0.15) is 77.0 Å². The number of rotatable bonds is 3. The molecule has 3 aliphatic carbocycles. The molecule has 1 N–H and O–H groups in total.